The Labute approximate surface area is 110 Å². The lowest BCUT2D eigenvalue weighted by molar-refractivity contribution is 0.548. The minimum absolute atomic E-state index is 0.232. The summed E-state index contributed by atoms with van der Waals surface area (Å²) in [5, 5.41) is 3.24. The fraction of sp³-hybridized carbons (Fsp3) is 0.429. The normalized spacial score (nSPS) is 13.3. The molecule has 0 spiro atoms. The molecule has 0 bridgehead atoms. The molecule has 100 valence electrons. The molecule has 0 radical (unpaired) electrons. The van der Waals surface area contributed by atoms with Gasteiger partial charge in [-0.3, -0.25) is 0 Å². The van der Waals surface area contributed by atoms with E-state index in [9.17, 15) is 8.42 Å². The van der Waals surface area contributed by atoms with Crippen LogP contribution < -0.4 is 5.32 Å². The van der Waals surface area contributed by atoms with E-state index in [1.54, 1.807) is 12.1 Å². The van der Waals surface area contributed by atoms with E-state index in [2.05, 4.69) is 11.9 Å². The molecule has 0 aliphatic carbocycles. The highest BCUT2D eigenvalue weighted by Gasteiger charge is 2.11. The summed E-state index contributed by atoms with van der Waals surface area (Å²) in [6.07, 6.45) is 3.14. The van der Waals surface area contributed by atoms with Crippen LogP contribution in [0.1, 0.15) is 31.4 Å². The van der Waals surface area contributed by atoms with Crippen molar-refractivity contribution in [1.29, 1.82) is 0 Å². The van der Waals surface area contributed by atoms with Crippen molar-refractivity contribution in [3.8, 4) is 0 Å². The fourth-order valence-corrected chi connectivity index (χ4v) is 2.45. The minimum Gasteiger partial charge on any atom is -0.313 e. The molecule has 4 heteroatoms. The number of hydrogen-bond donors (Lipinski definition) is 1. The van der Waals surface area contributed by atoms with E-state index in [4.69, 9.17) is 0 Å². The predicted molar refractivity (Wildman–Crippen MR) is 75.4 cm³/mol. The first kappa shape index (κ1) is 14.9. The third kappa shape index (κ3) is 4.27. The summed E-state index contributed by atoms with van der Waals surface area (Å²) in [5.74, 6) is 0. The Morgan fingerprint density at radius 2 is 1.89 bits per heavy atom. The molecule has 0 saturated carbocycles. The topological polar surface area (TPSA) is 46.2 Å². The molecule has 18 heavy (non-hydrogen) atoms. The Morgan fingerprint density at radius 3 is 2.28 bits per heavy atom. The fourth-order valence-electron chi connectivity index (χ4n) is 1.82. The Morgan fingerprint density at radius 1 is 1.33 bits per heavy atom. The zero-order chi connectivity index (χ0) is 13.8. The van der Waals surface area contributed by atoms with Gasteiger partial charge in [0.15, 0.2) is 9.84 Å². The van der Waals surface area contributed by atoms with E-state index in [1.165, 1.54) is 6.26 Å². The summed E-state index contributed by atoms with van der Waals surface area (Å²) in [7, 11) is -1.20. The second-order valence-corrected chi connectivity index (χ2v) is 6.69. The molecule has 1 N–H and O–H groups in total. The van der Waals surface area contributed by atoms with Gasteiger partial charge >= 0.3 is 0 Å². The van der Waals surface area contributed by atoms with Crippen molar-refractivity contribution in [2.45, 2.75) is 30.7 Å². The van der Waals surface area contributed by atoms with E-state index in [0.717, 1.165) is 24.0 Å². The quantitative estimate of drug-likeness (QED) is 0.806. The Balaban J connectivity index is 2.85. The van der Waals surface area contributed by atoms with Crippen molar-refractivity contribution in [2.75, 3.05) is 13.3 Å². The van der Waals surface area contributed by atoms with Crippen LogP contribution in [0.15, 0.2) is 41.3 Å². The largest absolute Gasteiger partial charge is 0.313 e. The second-order valence-electron chi connectivity index (χ2n) is 4.68. The number of hydrogen-bond acceptors (Lipinski definition) is 3. The van der Waals surface area contributed by atoms with Gasteiger partial charge in [-0.2, -0.15) is 0 Å². The maximum Gasteiger partial charge on any atom is 0.175 e. The lowest BCUT2D eigenvalue weighted by Crippen LogP contribution is -2.16. The van der Waals surface area contributed by atoms with Gasteiger partial charge in [-0.25, -0.2) is 8.42 Å². The molecule has 1 unspecified atom stereocenters. The third-order valence-electron chi connectivity index (χ3n) is 2.92. The molecule has 3 nitrogen and oxygen atoms in total. The Hall–Kier alpha value is -1.13. The number of rotatable bonds is 6. The molecule has 0 fully saturated rings. The Bertz CT molecular complexity index is 503. The van der Waals surface area contributed by atoms with E-state index in [0.29, 0.717) is 4.90 Å². The van der Waals surface area contributed by atoms with Crippen molar-refractivity contribution in [3.63, 3.8) is 0 Å². The van der Waals surface area contributed by atoms with Gasteiger partial charge in [0.1, 0.15) is 0 Å². The first-order valence-corrected chi connectivity index (χ1v) is 7.85. The summed E-state index contributed by atoms with van der Waals surface area (Å²) in [6, 6.07) is 7.30. The van der Waals surface area contributed by atoms with E-state index < -0.39 is 9.84 Å². The van der Waals surface area contributed by atoms with Crippen LogP contribution in [0.25, 0.3) is 0 Å². The highest BCUT2D eigenvalue weighted by atomic mass is 32.2. The lowest BCUT2D eigenvalue weighted by atomic mass is 10.0. The van der Waals surface area contributed by atoms with Gasteiger partial charge < -0.3 is 5.32 Å². The standard InChI is InChI=1S/C14H21NO2S/c1-11(2)5-10-14(15-3)12-6-8-13(9-7-12)18(4,16)17/h6-9,14-15H,1,5,10H2,2-4H3. The molecule has 0 heterocycles. The predicted octanol–water partition coefficient (Wildman–Crippen LogP) is 2.71. The summed E-state index contributed by atoms with van der Waals surface area (Å²) >= 11 is 0. The van der Waals surface area contributed by atoms with Gasteiger partial charge in [-0.1, -0.05) is 17.7 Å². The number of nitrogens with one attached hydrogen (secondary N) is 1. The van der Waals surface area contributed by atoms with Crippen molar-refractivity contribution < 1.29 is 8.42 Å². The van der Waals surface area contributed by atoms with Crippen LogP contribution in [0.4, 0.5) is 0 Å². The summed E-state index contributed by atoms with van der Waals surface area (Å²) in [4.78, 5) is 0.362. The minimum atomic E-state index is -3.11. The highest BCUT2D eigenvalue weighted by Crippen LogP contribution is 2.21. The van der Waals surface area contributed by atoms with Crippen LogP contribution in [0, 0.1) is 0 Å². The van der Waals surface area contributed by atoms with Crippen LogP contribution in [0.3, 0.4) is 0 Å². The van der Waals surface area contributed by atoms with Crippen LogP contribution in [0.5, 0.6) is 0 Å². The molecule has 1 atom stereocenters. The number of sulfone groups is 1. The van der Waals surface area contributed by atoms with Crippen LogP contribution in [0.2, 0.25) is 0 Å². The molecule has 1 aromatic rings. The van der Waals surface area contributed by atoms with E-state index in [1.807, 2.05) is 26.1 Å². The SMILES string of the molecule is C=C(C)CCC(NC)c1ccc(S(C)(=O)=O)cc1. The molecule has 0 amide bonds. The van der Waals surface area contributed by atoms with Crippen molar-refractivity contribution >= 4 is 9.84 Å². The van der Waals surface area contributed by atoms with Crippen molar-refractivity contribution in [2.24, 2.45) is 0 Å². The van der Waals surface area contributed by atoms with E-state index in [-0.39, 0.29) is 6.04 Å². The molecular weight excluding hydrogens is 246 g/mol. The second kappa shape index (κ2) is 6.16. The molecule has 0 aromatic heterocycles. The smallest absolute Gasteiger partial charge is 0.175 e. The van der Waals surface area contributed by atoms with Crippen LogP contribution in [-0.4, -0.2) is 21.7 Å². The third-order valence-corrected chi connectivity index (χ3v) is 4.05. The van der Waals surface area contributed by atoms with Gasteiger partial charge in [0.2, 0.25) is 0 Å². The number of benzene rings is 1. The lowest BCUT2D eigenvalue weighted by Gasteiger charge is -2.17. The van der Waals surface area contributed by atoms with Gasteiger partial charge in [0, 0.05) is 12.3 Å². The number of allylic oxidation sites excluding steroid dienone is 1. The molecule has 1 rings (SSSR count). The molecule has 0 aliphatic rings. The summed E-state index contributed by atoms with van der Waals surface area (Å²) in [5.41, 5.74) is 2.26. The first-order valence-electron chi connectivity index (χ1n) is 5.96. The summed E-state index contributed by atoms with van der Waals surface area (Å²) in [6.45, 7) is 5.91. The maximum absolute atomic E-state index is 11.4. The maximum atomic E-state index is 11.4. The molecule has 0 saturated heterocycles. The van der Waals surface area contributed by atoms with Gasteiger partial charge in [-0.15, -0.1) is 6.58 Å². The van der Waals surface area contributed by atoms with E-state index >= 15 is 0 Å². The summed E-state index contributed by atoms with van der Waals surface area (Å²) < 4.78 is 22.7. The Kier molecular flexibility index (Phi) is 5.11. The zero-order valence-electron chi connectivity index (χ0n) is 11.2. The molecular formula is C14H21NO2S. The highest BCUT2D eigenvalue weighted by molar-refractivity contribution is 7.90. The van der Waals surface area contributed by atoms with Crippen molar-refractivity contribution in [3.05, 3.63) is 42.0 Å². The molecule has 1 aromatic carbocycles. The molecule has 0 aliphatic heterocycles. The first-order chi connectivity index (χ1) is 8.34. The van der Waals surface area contributed by atoms with Gasteiger partial charge in [-0.05, 0) is 44.5 Å². The average molecular weight is 267 g/mol. The van der Waals surface area contributed by atoms with Crippen LogP contribution in [-0.2, 0) is 9.84 Å². The zero-order valence-corrected chi connectivity index (χ0v) is 12.0. The monoisotopic (exact) mass is 267 g/mol. The van der Waals surface area contributed by atoms with Crippen molar-refractivity contribution in [1.82, 2.24) is 5.32 Å². The van der Waals surface area contributed by atoms with Gasteiger partial charge in [0.05, 0.1) is 4.90 Å². The average Bonchev–Trinajstić information content (AvgIpc) is 2.29. The van der Waals surface area contributed by atoms with Crippen LogP contribution >= 0.6 is 0 Å². The van der Waals surface area contributed by atoms with Gasteiger partial charge in [0.25, 0.3) is 0 Å².